The molecular formula is C23H27FN4O3. The molecule has 1 fully saturated rings. The Bertz CT molecular complexity index is 1030. The molecule has 2 aromatic heterocycles. The molecule has 164 valence electrons. The second-order valence-corrected chi connectivity index (χ2v) is 7.84. The first-order valence-corrected chi connectivity index (χ1v) is 10.7. The van der Waals surface area contributed by atoms with Gasteiger partial charge in [-0.15, -0.1) is 0 Å². The summed E-state index contributed by atoms with van der Waals surface area (Å²) < 4.78 is 24.4. The first-order chi connectivity index (χ1) is 15.1. The zero-order valence-corrected chi connectivity index (χ0v) is 17.6. The van der Waals surface area contributed by atoms with Crippen molar-refractivity contribution in [1.82, 2.24) is 20.4 Å². The van der Waals surface area contributed by atoms with Crippen LogP contribution in [0.15, 0.2) is 41.1 Å². The summed E-state index contributed by atoms with van der Waals surface area (Å²) in [5, 5.41) is 7.73. The number of amides is 1. The van der Waals surface area contributed by atoms with Crippen molar-refractivity contribution < 1.29 is 18.4 Å². The predicted octanol–water partition coefficient (Wildman–Crippen LogP) is 3.76. The van der Waals surface area contributed by atoms with Crippen LogP contribution in [-0.4, -0.2) is 54.2 Å². The molecule has 0 spiro atoms. The molecule has 1 aliphatic heterocycles. The monoisotopic (exact) mass is 426 g/mol. The smallest absolute Gasteiger partial charge is 0.251 e. The second kappa shape index (κ2) is 9.87. The van der Waals surface area contributed by atoms with Gasteiger partial charge in [0.25, 0.3) is 5.91 Å². The van der Waals surface area contributed by atoms with Gasteiger partial charge in [-0.25, -0.2) is 9.37 Å². The van der Waals surface area contributed by atoms with Crippen LogP contribution in [0.1, 0.15) is 47.7 Å². The molecule has 7 nitrogen and oxygen atoms in total. The number of likely N-dealkylation sites (tertiary alicyclic amines) is 1. The largest absolute Gasteiger partial charge is 0.478 e. The molecule has 1 N–H and O–H groups in total. The highest BCUT2D eigenvalue weighted by molar-refractivity contribution is 5.94. The van der Waals surface area contributed by atoms with E-state index in [-0.39, 0.29) is 11.7 Å². The maximum atomic E-state index is 13.4. The minimum atomic E-state index is -0.302. The van der Waals surface area contributed by atoms with Crippen LogP contribution >= 0.6 is 0 Å². The lowest BCUT2D eigenvalue weighted by Crippen LogP contribution is -2.34. The number of nitrogens with one attached hydrogen (secondary N) is 1. The Balaban J connectivity index is 1.18. The van der Waals surface area contributed by atoms with E-state index in [2.05, 4.69) is 20.4 Å². The fraction of sp³-hybridized carbons (Fsp3) is 0.435. The van der Waals surface area contributed by atoms with Gasteiger partial charge in [0.2, 0.25) is 5.88 Å². The van der Waals surface area contributed by atoms with Gasteiger partial charge in [0.15, 0.2) is 5.58 Å². The molecule has 0 atom stereocenters. The summed E-state index contributed by atoms with van der Waals surface area (Å²) >= 11 is 0. The van der Waals surface area contributed by atoms with Crippen molar-refractivity contribution in [3.05, 3.63) is 53.6 Å². The Morgan fingerprint density at radius 2 is 2.10 bits per heavy atom. The number of unbranched alkanes of at least 4 members (excludes halogenated alkanes) is 1. The van der Waals surface area contributed by atoms with Gasteiger partial charge in [-0.1, -0.05) is 5.16 Å². The average molecular weight is 426 g/mol. The molecule has 1 saturated heterocycles. The molecule has 0 unspecified atom stereocenters. The van der Waals surface area contributed by atoms with E-state index >= 15 is 0 Å². The van der Waals surface area contributed by atoms with Crippen LogP contribution < -0.4 is 10.1 Å². The number of aromatic nitrogens is 2. The summed E-state index contributed by atoms with van der Waals surface area (Å²) in [6, 6.07) is 7.95. The number of hydrogen-bond donors (Lipinski definition) is 1. The van der Waals surface area contributed by atoms with Crippen LogP contribution in [0.3, 0.4) is 0 Å². The van der Waals surface area contributed by atoms with Gasteiger partial charge in [0, 0.05) is 42.2 Å². The van der Waals surface area contributed by atoms with Crippen molar-refractivity contribution in [3.63, 3.8) is 0 Å². The summed E-state index contributed by atoms with van der Waals surface area (Å²) in [7, 11) is 1.60. The van der Waals surface area contributed by atoms with Crippen LogP contribution in [0.5, 0.6) is 5.88 Å². The third kappa shape index (κ3) is 5.19. The Morgan fingerprint density at radius 1 is 1.26 bits per heavy atom. The SMILES string of the molecule is CNC(=O)c1ccnc(OCCCCN2CCC(c3noc4cc(F)ccc34)CC2)c1. The van der Waals surface area contributed by atoms with Gasteiger partial charge < -0.3 is 19.5 Å². The first kappa shape index (κ1) is 21.2. The van der Waals surface area contributed by atoms with Crippen molar-refractivity contribution in [2.24, 2.45) is 0 Å². The van der Waals surface area contributed by atoms with Crippen molar-refractivity contribution in [2.75, 3.05) is 33.3 Å². The fourth-order valence-corrected chi connectivity index (χ4v) is 4.04. The van der Waals surface area contributed by atoms with Crippen molar-refractivity contribution in [2.45, 2.75) is 31.6 Å². The van der Waals surface area contributed by atoms with Crippen LogP contribution in [0.2, 0.25) is 0 Å². The van der Waals surface area contributed by atoms with E-state index < -0.39 is 0 Å². The third-order valence-electron chi connectivity index (χ3n) is 5.78. The number of carbonyl (C=O) groups excluding carboxylic acids is 1. The quantitative estimate of drug-likeness (QED) is 0.553. The minimum absolute atomic E-state index is 0.151. The van der Waals surface area contributed by atoms with Crippen molar-refractivity contribution in [3.8, 4) is 5.88 Å². The standard InChI is InChI=1S/C23H27FN4O3/c1-25-23(29)17-6-9-26-21(14-17)30-13-3-2-10-28-11-7-16(8-12-28)22-19-5-4-18(24)15-20(19)31-27-22/h4-6,9,14-16H,2-3,7-8,10-13H2,1H3,(H,25,29). The molecule has 0 aliphatic carbocycles. The number of rotatable bonds is 8. The number of carbonyl (C=O) groups is 1. The summed E-state index contributed by atoms with van der Waals surface area (Å²) in [6.07, 6.45) is 5.58. The van der Waals surface area contributed by atoms with E-state index in [0.29, 0.717) is 29.6 Å². The average Bonchev–Trinajstić information content (AvgIpc) is 3.22. The van der Waals surface area contributed by atoms with Crippen molar-refractivity contribution in [1.29, 1.82) is 0 Å². The van der Waals surface area contributed by atoms with Gasteiger partial charge in [0.05, 0.1) is 12.3 Å². The summed E-state index contributed by atoms with van der Waals surface area (Å²) in [5.41, 5.74) is 2.02. The van der Waals surface area contributed by atoms with Crippen molar-refractivity contribution >= 4 is 16.9 Å². The van der Waals surface area contributed by atoms with Gasteiger partial charge in [-0.3, -0.25) is 4.79 Å². The Kier molecular flexibility index (Phi) is 6.76. The lowest BCUT2D eigenvalue weighted by Gasteiger charge is -2.31. The zero-order valence-electron chi connectivity index (χ0n) is 17.6. The van der Waals surface area contributed by atoms with E-state index in [4.69, 9.17) is 9.26 Å². The van der Waals surface area contributed by atoms with Gasteiger partial charge in [-0.05, 0) is 63.5 Å². The number of hydrogen-bond acceptors (Lipinski definition) is 6. The highest BCUT2D eigenvalue weighted by Crippen LogP contribution is 2.32. The highest BCUT2D eigenvalue weighted by Gasteiger charge is 2.24. The first-order valence-electron chi connectivity index (χ1n) is 10.7. The molecule has 3 heterocycles. The number of pyridine rings is 1. The lowest BCUT2D eigenvalue weighted by atomic mass is 9.91. The fourth-order valence-electron chi connectivity index (χ4n) is 4.04. The molecule has 0 radical (unpaired) electrons. The Morgan fingerprint density at radius 3 is 2.90 bits per heavy atom. The van der Waals surface area contributed by atoms with E-state index in [1.807, 2.05) is 0 Å². The molecule has 31 heavy (non-hydrogen) atoms. The third-order valence-corrected chi connectivity index (χ3v) is 5.78. The van der Waals surface area contributed by atoms with E-state index in [0.717, 1.165) is 56.4 Å². The highest BCUT2D eigenvalue weighted by atomic mass is 19.1. The lowest BCUT2D eigenvalue weighted by molar-refractivity contribution is 0.0962. The maximum absolute atomic E-state index is 13.4. The van der Waals surface area contributed by atoms with Crippen LogP contribution in [0.25, 0.3) is 11.0 Å². The summed E-state index contributed by atoms with van der Waals surface area (Å²) in [5.74, 6) is 0.372. The van der Waals surface area contributed by atoms with Gasteiger partial charge >= 0.3 is 0 Å². The molecule has 1 aliphatic rings. The Hall–Kier alpha value is -3.00. The minimum Gasteiger partial charge on any atom is -0.478 e. The van der Waals surface area contributed by atoms with Crippen LogP contribution in [0, 0.1) is 5.82 Å². The van der Waals surface area contributed by atoms with E-state index in [9.17, 15) is 9.18 Å². The topological polar surface area (TPSA) is 80.5 Å². The second-order valence-electron chi connectivity index (χ2n) is 7.84. The predicted molar refractivity (Wildman–Crippen MR) is 115 cm³/mol. The molecule has 1 amide bonds. The molecule has 4 rings (SSSR count). The Labute approximate surface area is 180 Å². The van der Waals surface area contributed by atoms with E-state index in [1.54, 1.807) is 31.4 Å². The molecule has 0 bridgehead atoms. The molecule has 0 saturated carbocycles. The number of piperidine rings is 1. The van der Waals surface area contributed by atoms with Crippen LogP contribution in [-0.2, 0) is 0 Å². The number of ether oxygens (including phenoxy) is 1. The molecule has 3 aromatic rings. The molecular weight excluding hydrogens is 399 g/mol. The summed E-state index contributed by atoms with van der Waals surface area (Å²) in [4.78, 5) is 18.3. The number of nitrogens with zero attached hydrogens (tertiary/aromatic N) is 3. The van der Waals surface area contributed by atoms with Gasteiger partial charge in [0.1, 0.15) is 5.82 Å². The van der Waals surface area contributed by atoms with Crippen LogP contribution in [0.4, 0.5) is 4.39 Å². The number of halogens is 1. The molecule has 8 heteroatoms. The van der Waals surface area contributed by atoms with E-state index in [1.165, 1.54) is 12.1 Å². The summed E-state index contributed by atoms with van der Waals surface area (Å²) in [6.45, 7) is 3.61. The normalized spacial score (nSPS) is 15.3. The number of fused-ring (bicyclic) bond motifs is 1. The maximum Gasteiger partial charge on any atom is 0.251 e. The molecule has 1 aromatic carbocycles. The number of benzene rings is 1. The van der Waals surface area contributed by atoms with Gasteiger partial charge in [-0.2, -0.15) is 0 Å². The zero-order chi connectivity index (χ0) is 21.6.